The summed E-state index contributed by atoms with van der Waals surface area (Å²) in [6.07, 6.45) is -1.19. The van der Waals surface area contributed by atoms with Crippen molar-refractivity contribution in [3.05, 3.63) is 69.8 Å². The molecule has 2 aromatic carbocycles. The van der Waals surface area contributed by atoms with E-state index < -0.39 is 28.4 Å². The number of esters is 1. The van der Waals surface area contributed by atoms with Crippen molar-refractivity contribution in [2.45, 2.75) is 45.9 Å². The van der Waals surface area contributed by atoms with E-state index in [2.05, 4.69) is 10.6 Å². The number of hydrogen-bond donors (Lipinski definition) is 2. The molecule has 1 amide bonds. The smallest absolute Gasteiger partial charge is 0.339 e. The Labute approximate surface area is 186 Å². The van der Waals surface area contributed by atoms with Gasteiger partial charge in [-0.1, -0.05) is 44.2 Å². The quantitative estimate of drug-likeness (QED) is 0.345. The van der Waals surface area contributed by atoms with Crippen molar-refractivity contribution in [2.24, 2.45) is 5.92 Å². The molecule has 168 valence electrons. The molecule has 2 atom stereocenters. The summed E-state index contributed by atoms with van der Waals surface area (Å²) in [7, 11) is 0. The van der Waals surface area contributed by atoms with Crippen molar-refractivity contribution in [1.82, 2.24) is 5.32 Å². The highest BCUT2D eigenvalue weighted by Gasteiger charge is 2.33. The third kappa shape index (κ3) is 6.04. The number of amides is 1. The van der Waals surface area contributed by atoms with Gasteiger partial charge in [-0.25, -0.2) is 4.79 Å². The number of carbonyl (C=O) groups is 2. The lowest BCUT2D eigenvalue weighted by atomic mass is 9.90. The summed E-state index contributed by atoms with van der Waals surface area (Å²) in [6, 6.07) is 15.3. The monoisotopic (exact) mass is 438 g/mol. The van der Waals surface area contributed by atoms with Crippen LogP contribution in [0.3, 0.4) is 0 Å². The van der Waals surface area contributed by atoms with E-state index in [1.54, 1.807) is 20.8 Å². The van der Waals surface area contributed by atoms with Crippen molar-refractivity contribution in [2.75, 3.05) is 5.32 Å². The van der Waals surface area contributed by atoms with Gasteiger partial charge in [-0.2, -0.15) is 5.26 Å². The van der Waals surface area contributed by atoms with Crippen LogP contribution in [0, 0.1) is 27.4 Å². The molecule has 2 unspecified atom stereocenters. The van der Waals surface area contributed by atoms with Crippen molar-refractivity contribution >= 4 is 23.3 Å². The van der Waals surface area contributed by atoms with Crippen LogP contribution in [0.4, 0.5) is 11.4 Å². The predicted octanol–water partition coefficient (Wildman–Crippen LogP) is 3.81. The fourth-order valence-electron chi connectivity index (χ4n) is 2.69. The maximum Gasteiger partial charge on any atom is 0.339 e. The summed E-state index contributed by atoms with van der Waals surface area (Å²) in [5, 5.41) is 26.4. The van der Waals surface area contributed by atoms with Crippen LogP contribution in [-0.2, 0) is 16.1 Å². The number of carbonyl (C=O) groups excluding carboxylic acids is 2. The van der Waals surface area contributed by atoms with E-state index >= 15 is 0 Å². The molecule has 0 saturated carbocycles. The molecule has 0 radical (unpaired) electrons. The molecule has 0 aliphatic heterocycles. The second kappa shape index (κ2) is 10.4. The van der Waals surface area contributed by atoms with E-state index in [9.17, 15) is 25.0 Å². The lowest BCUT2D eigenvalue weighted by Gasteiger charge is -2.28. The lowest BCUT2D eigenvalue weighted by Crippen LogP contribution is -2.52. The first-order chi connectivity index (χ1) is 15.1. The first kappa shape index (κ1) is 24.3. The predicted molar refractivity (Wildman–Crippen MR) is 119 cm³/mol. The SMILES string of the molecule is CC(OC(=O)c1ccc(NCc2ccccc2)c([N+](=O)[O-])c1)C(=O)NC(C)(C#N)C(C)C. The van der Waals surface area contributed by atoms with Crippen LogP contribution in [0.1, 0.15) is 43.6 Å². The van der Waals surface area contributed by atoms with Gasteiger partial charge in [0.1, 0.15) is 11.2 Å². The van der Waals surface area contributed by atoms with Crippen LogP contribution in [0.15, 0.2) is 48.5 Å². The summed E-state index contributed by atoms with van der Waals surface area (Å²) in [4.78, 5) is 35.8. The van der Waals surface area contributed by atoms with Gasteiger partial charge in [0.25, 0.3) is 11.6 Å². The van der Waals surface area contributed by atoms with E-state index in [1.807, 2.05) is 36.4 Å². The van der Waals surface area contributed by atoms with Crippen LogP contribution < -0.4 is 10.6 Å². The van der Waals surface area contributed by atoms with Crippen molar-refractivity contribution in [3.63, 3.8) is 0 Å². The molecule has 2 aromatic rings. The zero-order valence-corrected chi connectivity index (χ0v) is 18.4. The minimum absolute atomic E-state index is 0.0616. The summed E-state index contributed by atoms with van der Waals surface area (Å²) in [5.74, 6) is -1.68. The van der Waals surface area contributed by atoms with Crippen molar-refractivity contribution < 1.29 is 19.2 Å². The largest absolute Gasteiger partial charge is 0.449 e. The Hall–Kier alpha value is -3.93. The highest BCUT2D eigenvalue weighted by molar-refractivity contribution is 5.93. The summed E-state index contributed by atoms with van der Waals surface area (Å²) < 4.78 is 5.17. The minimum Gasteiger partial charge on any atom is -0.449 e. The Balaban J connectivity index is 2.11. The van der Waals surface area contributed by atoms with Gasteiger partial charge in [-0.05, 0) is 37.5 Å². The molecule has 9 heteroatoms. The summed E-state index contributed by atoms with van der Waals surface area (Å²) in [6.45, 7) is 6.89. The van der Waals surface area contributed by atoms with Gasteiger partial charge in [0, 0.05) is 12.6 Å². The van der Waals surface area contributed by atoms with Gasteiger partial charge in [0.15, 0.2) is 6.10 Å². The van der Waals surface area contributed by atoms with Gasteiger partial charge in [0.2, 0.25) is 0 Å². The Morgan fingerprint density at radius 3 is 2.41 bits per heavy atom. The molecule has 0 saturated heterocycles. The van der Waals surface area contributed by atoms with Gasteiger partial charge in [0.05, 0.1) is 16.6 Å². The maximum absolute atomic E-state index is 12.5. The number of benzene rings is 2. The number of hydrogen-bond acceptors (Lipinski definition) is 7. The van der Waals surface area contributed by atoms with E-state index in [4.69, 9.17) is 4.74 Å². The average Bonchev–Trinajstić information content (AvgIpc) is 2.77. The number of nitrogens with one attached hydrogen (secondary N) is 2. The first-order valence-electron chi connectivity index (χ1n) is 10.1. The molecule has 0 spiro atoms. The fourth-order valence-corrected chi connectivity index (χ4v) is 2.69. The highest BCUT2D eigenvalue weighted by atomic mass is 16.6. The number of nitro benzene ring substituents is 1. The number of nitrogens with zero attached hydrogens (tertiary/aromatic N) is 2. The molecule has 0 bridgehead atoms. The number of nitro groups is 1. The highest BCUT2D eigenvalue weighted by Crippen LogP contribution is 2.27. The average molecular weight is 438 g/mol. The second-order valence-corrected chi connectivity index (χ2v) is 7.83. The molecule has 0 aliphatic carbocycles. The Morgan fingerprint density at radius 1 is 1.19 bits per heavy atom. The topological polar surface area (TPSA) is 134 Å². The normalized spacial score (nSPS) is 13.4. The molecule has 2 rings (SSSR count). The molecular weight excluding hydrogens is 412 g/mol. The second-order valence-electron chi connectivity index (χ2n) is 7.83. The summed E-state index contributed by atoms with van der Waals surface area (Å²) in [5.41, 5.74) is -0.278. The van der Waals surface area contributed by atoms with Gasteiger partial charge in [-0.15, -0.1) is 0 Å². The molecule has 9 nitrogen and oxygen atoms in total. The van der Waals surface area contributed by atoms with Gasteiger partial charge in [-0.3, -0.25) is 14.9 Å². The lowest BCUT2D eigenvalue weighted by molar-refractivity contribution is -0.384. The molecule has 0 aromatic heterocycles. The zero-order chi connectivity index (χ0) is 23.9. The van der Waals surface area contributed by atoms with Gasteiger partial charge >= 0.3 is 5.97 Å². The van der Waals surface area contributed by atoms with Crippen LogP contribution >= 0.6 is 0 Å². The van der Waals surface area contributed by atoms with Crippen molar-refractivity contribution in [3.8, 4) is 6.07 Å². The minimum atomic E-state index is -1.19. The van der Waals surface area contributed by atoms with E-state index in [0.29, 0.717) is 6.54 Å². The van der Waals surface area contributed by atoms with Crippen LogP contribution in [0.5, 0.6) is 0 Å². The third-order valence-corrected chi connectivity index (χ3v) is 5.18. The third-order valence-electron chi connectivity index (χ3n) is 5.18. The molecular formula is C23H26N4O5. The molecule has 32 heavy (non-hydrogen) atoms. The molecule has 0 aliphatic rings. The molecule has 0 fully saturated rings. The number of ether oxygens (including phenoxy) is 1. The molecule has 0 heterocycles. The van der Waals surface area contributed by atoms with Crippen LogP contribution in [0.25, 0.3) is 0 Å². The Morgan fingerprint density at radius 2 is 1.84 bits per heavy atom. The van der Waals surface area contributed by atoms with E-state index in [0.717, 1.165) is 11.6 Å². The van der Waals surface area contributed by atoms with E-state index in [1.165, 1.54) is 19.1 Å². The van der Waals surface area contributed by atoms with Crippen LogP contribution in [0.2, 0.25) is 0 Å². The number of nitriles is 1. The Bertz CT molecular complexity index is 1030. The van der Waals surface area contributed by atoms with Crippen molar-refractivity contribution in [1.29, 1.82) is 5.26 Å². The maximum atomic E-state index is 12.5. The zero-order valence-electron chi connectivity index (χ0n) is 18.4. The van der Waals surface area contributed by atoms with Crippen LogP contribution in [-0.4, -0.2) is 28.4 Å². The first-order valence-corrected chi connectivity index (χ1v) is 10.1. The summed E-state index contributed by atoms with van der Waals surface area (Å²) >= 11 is 0. The fraction of sp³-hybridized carbons (Fsp3) is 0.348. The standard InChI is InChI=1S/C23H26N4O5/c1-15(2)23(4,14-24)26-21(28)16(3)32-22(29)18-10-11-19(20(12-18)27(30)31)25-13-17-8-6-5-7-9-17/h5-12,15-16,25H,13H2,1-4H3,(H,26,28). The number of rotatable bonds is 9. The van der Waals surface area contributed by atoms with E-state index in [-0.39, 0.29) is 22.9 Å². The number of anilines is 1. The molecule has 2 N–H and O–H groups in total. The Kier molecular flexibility index (Phi) is 7.91. The van der Waals surface area contributed by atoms with Gasteiger partial charge < -0.3 is 15.4 Å².